The average Bonchev–Trinajstić information content (AvgIpc) is 1.88. The first-order chi connectivity index (χ1) is 4.35. The van der Waals surface area contributed by atoms with Crippen molar-refractivity contribution in [2.75, 3.05) is 0 Å². The van der Waals surface area contributed by atoms with Crippen LogP contribution in [0.15, 0.2) is 37.0 Å². The van der Waals surface area contributed by atoms with Crippen molar-refractivity contribution in [2.24, 2.45) is 0 Å². The number of rotatable bonds is 4. The summed E-state index contributed by atoms with van der Waals surface area (Å²) in [5.74, 6) is 0. The molecule has 0 saturated carbocycles. The third-order valence-corrected chi connectivity index (χ3v) is 0.913. The van der Waals surface area contributed by atoms with Gasteiger partial charge in [-0.05, 0) is 5.57 Å². The van der Waals surface area contributed by atoms with Crippen molar-refractivity contribution in [3.63, 3.8) is 0 Å². The molecule has 0 fully saturated rings. The molecule has 1 nitrogen and oxygen atoms in total. The summed E-state index contributed by atoms with van der Waals surface area (Å²) < 4.78 is 0. The quantitative estimate of drug-likeness (QED) is 0.414. The Morgan fingerprint density at radius 1 is 1.56 bits per heavy atom. The van der Waals surface area contributed by atoms with Gasteiger partial charge in [0, 0.05) is 7.85 Å². The van der Waals surface area contributed by atoms with Crippen LogP contribution in [0, 0.1) is 0 Å². The first-order valence-corrected chi connectivity index (χ1v) is 2.72. The molecule has 0 N–H and O–H groups in total. The fraction of sp³-hybridized carbons (Fsp3) is 0.125. The summed E-state index contributed by atoms with van der Waals surface area (Å²) in [4.78, 5) is 9.93. The van der Waals surface area contributed by atoms with Gasteiger partial charge in [0.2, 0.25) is 0 Å². The lowest BCUT2D eigenvalue weighted by molar-refractivity contribution is -0.107. The van der Waals surface area contributed by atoms with Gasteiger partial charge in [-0.1, -0.05) is 31.4 Å². The second kappa shape index (κ2) is 5.04. The van der Waals surface area contributed by atoms with Crippen LogP contribution in [-0.2, 0) is 4.79 Å². The van der Waals surface area contributed by atoms with E-state index in [9.17, 15) is 4.79 Å². The number of hydrogen-bond donors (Lipinski definition) is 0. The van der Waals surface area contributed by atoms with Crippen molar-refractivity contribution >= 4 is 6.29 Å². The Kier molecular flexibility index (Phi) is 4.41. The molecule has 0 spiro atoms. The highest BCUT2D eigenvalue weighted by Gasteiger charge is 1.84. The van der Waals surface area contributed by atoms with Crippen LogP contribution in [0.25, 0.3) is 0 Å². The summed E-state index contributed by atoms with van der Waals surface area (Å²) in [6.07, 6.45) is 6.32. The molecule has 0 saturated heterocycles. The van der Waals surface area contributed by atoms with Crippen LogP contribution >= 0.6 is 0 Å². The molecule has 0 radical (unpaired) electrons. The van der Waals surface area contributed by atoms with Crippen LogP contribution in [0.2, 0.25) is 0 Å². The molecule has 0 aromatic heterocycles. The second-order valence-electron chi connectivity index (χ2n) is 1.55. The van der Waals surface area contributed by atoms with Crippen molar-refractivity contribution in [1.29, 1.82) is 0 Å². The Morgan fingerprint density at radius 3 is 2.56 bits per heavy atom. The Morgan fingerprint density at radius 2 is 2.22 bits per heavy atom. The molecule has 0 aliphatic heterocycles. The third-order valence-electron chi connectivity index (χ3n) is 0.913. The number of hydrogen-bond acceptors (Lipinski definition) is 1. The maximum absolute atomic E-state index is 9.93. The molecule has 0 unspecified atom stereocenters. The highest BCUT2D eigenvalue weighted by atomic mass is 16.1. The van der Waals surface area contributed by atoms with Gasteiger partial charge in [-0.25, -0.2) is 0 Å². The first-order valence-electron chi connectivity index (χ1n) is 2.72. The van der Waals surface area contributed by atoms with Crippen molar-refractivity contribution in [1.82, 2.24) is 0 Å². The topological polar surface area (TPSA) is 17.1 Å². The Labute approximate surface area is 56.9 Å². The lowest BCUT2D eigenvalue weighted by Gasteiger charge is -1.88. The van der Waals surface area contributed by atoms with Crippen LogP contribution in [0.5, 0.6) is 0 Å². The summed E-state index contributed by atoms with van der Waals surface area (Å²) in [5, 5.41) is 0. The van der Waals surface area contributed by atoms with Gasteiger partial charge in [0.25, 0.3) is 0 Å². The molecule has 1 heteroatoms. The lowest BCUT2D eigenvalue weighted by Crippen LogP contribution is -1.77. The minimum Gasteiger partial charge on any atom is -0.303 e. The van der Waals surface area contributed by atoms with Gasteiger partial charge in [-0.3, -0.25) is 0 Å². The standard InChI is InChI=1S/C8H10O.H2/c1-3-5-8(4-2)6-7-9;/h3-5,7H,1-2,6H2;1H/b8-5+;. The fourth-order valence-corrected chi connectivity index (χ4v) is 0.467. The monoisotopic (exact) mass is 124 g/mol. The SMILES string of the molecule is C=C/C=C(\C=C)CC=O.[HH]. The Bertz CT molecular complexity index is 147. The van der Waals surface area contributed by atoms with E-state index in [0.29, 0.717) is 6.42 Å². The van der Waals surface area contributed by atoms with E-state index >= 15 is 0 Å². The summed E-state index contributed by atoms with van der Waals surface area (Å²) in [5.41, 5.74) is 0.903. The molecule has 0 rings (SSSR count). The molecule has 0 heterocycles. The maximum Gasteiger partial charge on any atom is 0.124 e. The van der Waals surface area contributed by atoms with Crippen molar-refractivity contribution in [3.8, 4) is 0 Å². The highest BCUT2D eigenvalue weighted by molar-refractivity contribution is 5.56. The van der Waals surface area contributed by atoms with Gasteiger partial charge in [0.05, 0.1) is 0 Å². The lowest BCUT2D eigenvalue weighted by atomic mass is 10.2. The van der Waals surface area contributed by atoms with Crippen molar-refractivity contribution in [3.05, 3.63) is 37.0 Å². The van der Waals surface area contributed by atoms with E-state index in [1.165, 1.54) is 0 Å². The molecule has 0 bridgehead atoms. The largest absolute Gasteiger partial charge is 0.303 e. The van der Waals surface area contributed by atoms with Crippen molar-refractivity contribution < 1.29 is 6.22 Å². The minimum atomic E-state index is 0. The van der Waals surface area contributed by atoms with Crippen LogP contribution in [0.4, 0.5) is 0 Å². The van der Waals surface area contributed by atoms with E-state index in [1.807, 2.05) is 0 Å². The first kappa shape index (κ1) is 7.89. The molecule has 0 atom stereocenters. The molecular formula is C8H12O. The third kappa shape index (κ3) is 3.47. The van der Waals surface area contributed by atoms with E-state index in [4.69, 9.17) is 0 Å². The van der Waals surface area contributed by atoms with Gasteiger partial charge < -0.3 is 4.79 Å². The zero-order chi connectivity index (χ0) is 7.11. The molecule has 0 aliphatic rings. The zero-order valence-corrected chi connectivity index (χ0v) is 5.34. The zero-order valence-electron chi connectivity index (χ0n) is 5.34. The summed E-state index contributed by atoms with van der Waals surface area (Å²) in [7, 11) is 0. The van der Waals surface area contributed by atoms with Crippen LogP contribution in [-0.4, -0.2) is 6.29 Å². The maximum atomic E-state index is 9.93. The van der Waals surface area contributed by atoms with Crippen molar-refractivity contribution in [2.45, 2.75) is 6.42 Å². The van der Waals surface area contributed by atoms with E-state index in [2.05, 4.69) is 13.2 Å². The molecule has 0 amide bonds. The second-order valence-corrected chi connectivity index (χ2v) is 1.55. The average molecular weight is 124 g/mol. The molecular weight excluding hydrogens is 112 g/mol. The van der Waals surface area contributed by atoms with E-state index in [0.717, 1.165) is 11.9 Å². The van der Waals surface area contributed by atoms with E-state index in [-0.39, 0.29) is 1.43 Å². The molecule has 0 aromatic rings. The van der Waals surface area contributed by atoms with E-state index in [1.54, 1.807) is 18.2 Å². The van der Waals surface area contributed by atoms with Crippen LogP contribution in [0.3, 0.4) is 0 Å². The predicted molar refractivity (Wildman–Crippen MR) is 41.3 cm³/mol. The Hall–Kier alpha value is -1.11. The molecule has 0 aliphatic carbocycles. The summed E-state index contributed by atoms with van der Waals surface area (Å²) >= 11 is 0. The van der Waals surface area contributed by atoms with Gasteiger partial charge in [-0.15, -0.1) is 0 Å². The van der Waals surface area contributed by atoms with Gasteiger partial charge in [-0.2, -0.15) is 0 Å². The smallest absolute Gasteiger partial charge is 0.124 e. The predicted octanol–water partition coefficient (Wildman–Crippen LogP) is 2.12. The number of aldehydes is 1. The molecule has 0 aromatic carbocycles. The number of carbonyl (C=O) groups is 1. The Balaban J connectivity index is 0. The normalized spacial score (nSPS) is 10.4. The molecule has 9 heavy (non-hydrogen) atoms. The summed E-state index contributed by atoms with van der Waals surface area (Å²) in [6, 6.07) is 0. The number of allylic oxidation sites excluding steroid dienone is 4. The van der Waals surface area contributed by atoms with Gasteiger partial charge in [0.15, 0.2) is 0 Å². The van der Waals surface area contributed by atoms with Crippen LogP contribution in [0.1, 0.15) is 7.85 Å². The fourth-order valence-electron chi connectivity index (χ4n) is 0.467. The van der Waals surface area contributed by atoms with E-state index < -0.39 is 0 Å². The van der Waals surface area contributed by atoms with Gasteiger partial charge in [0.1, 0.15) is 6.29 Å². The molecule has 50 valence electrons. The number of carbonyl (C=O) groups excluding carboxylic acids is 1. The van der Waals surface area contributed by atoms with Gasteiger partial charge >= 0.3 is 0 Å². The van der Waals surface area contributed by atoms with Crippen LogP contribution < -0.4 is 0 Å². The summed E-state index contributed by atoms with van der Waals surface area (Å²) in [6.45, 7) is 7.01. The highest BCUT2D eigenvalue weighted by Crippen LogP contribution is 1.98. The minimum absolute atomic E-state index is 0.